The highest BCUT2D eigenvalue weighted by Gasteiger charge is 2.36. The van der Waals surface area contributed by atoms with Crippen molar-refractivity contribution in [3.8, 4) is 11.5 Å². The van der Waals surface area contributed by atoms with Gasteiger partial charge >= 0.3 is 0 Å². The number of methoxy groups -OCH3 is 1. The summed E-state index contributed by atoms with van der Waals surface area (Å²) in [6.45, 7) is 5.53. The standard InChI is InChI=1S/C21H28N2O4S/c1-15(2)27-18-8-6-16(12-19(18)26-3)7-9-20(24)23-14-28-13-17(23)21(25)22-10-4-5-11-22/h6-9,12,15,17H,4-5,10-11,13-14H2,1-3H3/b9-7-. The summed E-state index contributed by atoms with van der Waals surface area (Å²) in [6.07, 6.45) is 5.45. The molecule has 152 valence electrons. The highest BCUT2D eigenvalue weighted by atomic mass is 32.2. The predicted molar refractivity (Wildman–Crippen MR) is 112 cm³/mol. The minimum atomic E-state index is -0.350. The number of hydrogen-bond donors (Lipinski definition) is 0. The van der Waals surface area contributed by atoms with Gasteiger partial charge in [-0.05, 0) is 50.5 Å². The van der Waals surface area contributed by atoms with Crippen molar-refractivity contribution in [2.75, 3.05) is 31.8 Å². The summed E-state index contributed by atoms with van der Waals surface area (Å²) in [7, 11) is 1.59. The van der Waals surface area contributed by atoms with Crippen molar-refractivity contribution >= 4 is 29.7 Å². The van der Waals surface area contributed by atoms with E-state index in [1.807, 2.05) is 36.9 Å². The van der Waals surface area contributed by atoms with Crippen molar-refractivity contribution in [3.05, 3.63) is 29.8 Å². The zero-order valence-corrected chi connectivity index (χ0v) is 17.5. The number of amides is 2. The van der Waals surface area contributed by atoms with Crippen LogP contribution in [0.2, 0.25) is 0 Å². The van der Waals surface area contributed by atoms with Crippen LogP contribution in [-0.2, 0) is 9.59 Å². The number of nitrogens with zero attached hydrogens (tertiary/aromatic N) is 2. The normalized spacial score (nSPS) is 19.6. The molecule has 0 aromatic heterocycles. The van der Waals surface area contributed by atoms with Gasteiger partial charge in [0.2, 0.25) is 11.8 Å². The number of ether oxygens (including phenoxy) is 2. The molecule has 1 unspecified atom stereocenters. The molecule has 2 aliphatic heterocycles. The van der Waals surface area contributed by atoms with Crippen LogP contribution in [0.1, 0.15) is 32.3 Å². The van der Waals surface area contributed by atoms with Crippen LogP contribution >= 0.6 is 11.8 Å². The van der Waals surface area contributed by atoms with Gasteiger partial charge < -0.3 is 19.3 Å². The fourth-order valence-electron chi connectivity index (χ4n) is 3.42. The molecular formula is C21H28N2O4S. The van der Waals surface area contributed by atoms with Gasteiger partial charge in [-0.25, -0.2) is 0 Å². The summed E-state index contributed by atoms with van der Waals surface area (Å²) in [4.78, 5) is 29.0. The number of benzene rings is 1. The van der Waals surface area contributed by atoms with Gasteiger partial charge in [0.25, 0.3) is 0 Å². The molecule has 0 bridgehead atoms. The van der Waals surface area contributed by atoms with E-state index in [4.69, 9.17) is 9.47 Å². The molecule has 2 fully saturated rings. The summed E-state index contributed by atoms with van der Waals surface area (Å²) in [5.74, 6) is 2.47. The lowest BCUT2D eigenvalue weighted by Gasteiger charge is -2.26. The predicted octanol–water partition coefficient (Wildman–Crippen LogP) is 3.02. The third-order valence-corrected chi connectivity index (χ3v) is 5.85. The molecule has 6 nitrogen and oxygen atoms in total. The Balaban J connectivity index is 1.67. The van der Waals surface area contributed by atoms with Gasteiger partial charge in [-0.1, -0.05) is 6.07 Å². The van der Waals surface area contributed by atoms with Crippen molar-refractivity contribution in [3.63, 3.8) is 0 Å². The van der Waals surface area contributed by atoms with Crippen LogP contribution in [0.4, 0.5) is 0 Å². The van der Waals surface area contributed by atoms with E-state index in [-0.39, 0.29) is 24.0 Å². The van der Waals surface area contributed by atoms with E-state index in [9.17, 15) is 9.59 Å². The van der Waals surface area contributed by atoms with E-state index < -0.39 is 0 Å². The summed E-state index contributed by atoms with van der Waals surface area (Å²) in [6, 6.07) is 5.22. The lowest BCUT2D eigenvalue weighted by molar-refractivity contribution is -0.140. The van der Waals surface area contributed by atoms with Crippen molar-refractivity contribution in [1.82, 2.24) is 9.80 Å². The zero-order chi connectivity index (χ0) is 20.1. The highest BCUT2D eigenvalue weighted by Crippen LogP contribution is 2.30. The van der Waals surface area contributed by atoms with E-state index in [1.165, 1.54) is 6.08 Å². The van der Waals surface area contributed by atoms with Crippen LogP contribution in [0.3, 0.4) is 0 Å². The van der Waals surface area contributed by atoms with Crippen LogP contribution in [0.25, 0.3) is 6.08 Å². The van der Waals surface area contributed by atoms with Crippen LogP contribution in [-0.4, -0.2) is 65.6 Å². The molecule has 0 saturated carbocycles. The Morgan fingerprint density at radius 1 is 1.21 bits per heavy atom. The Labute approximate surface area is 170 Å². The summed E-state index contributed by atoms with van der Waals surface area (Å²) in [5.41, 5.74) is 0.843. The minimum Gasteiger partial charge on any atom is -0.493 e. The number of likely N-dealkylation sites (tertiary alicyclic amines) is 1. The van der Waals surface area contributed by atoms with Crippen molar-refractivity contribution < 1.29 is 19.1 Å². The van der Waals surface area contributed by atoms with Crippen LogP contribution < -0.4 is 9.47 Å². The monoisotopic (exact) mass is 404 g/mol. The Hall–Kier alpha value is -2.15. The molecule has 3 rings (SSSR count). The number of thioether (sulfide) groups is 1. The Morgan fingerprint density at radius 2 is 1.96 bits per heavy atom. The molecule has 2 saturated heterocycles. The van der Waals surface area contributed by atoms with Crippen molar-refractivity contribution in [1.29, 1.82) is 0 Å². The van der Waals surface area contributed by atoms with Gasteiger partial charge in [0.1, 0.15) is 6.04 Å². The number of rotatable bonds is 6. The summed E-state index contributed by atoms with van der Waals surface area (Å²) < 4.78 is 11.1. The maximum absolute atomic E-state index is 12.7. The molecule has 0 radical (unpaired) electrons. The average Bonchev–Trinajstić information content (AvgIpc) is 3.37. The smallest absolute Gasteiger partial charge is 0.247 e. The first-order valence-corrected chi connectivity index (χ1v) is 10.8. The van der Waals surface area contributed by atoms with Crippen LogP contribution in [0.15, 0.2) is 24.3 Å². The minimum absolute atomic E-state index is 0.0506. The van der Waals surface area contributed by atoms with Gasteiger partial charge in [0.15, 0.2) is 11.5 Å². The number of carbonyl (C=O) groups is 2. The zero-order valence-electron chi connectivity index (χ0n) is 16.7. The van der Waals surface area contributed by atoms with E-state index in [0.717, 1.165) is 31.5 Å². The third kappa shape index (κ3) is 4.82. The largest absolute Gasteiger partial charge is 0.493 e. The molecular weight excluding hydrogens is 376 g/mol. The second-order valence-electron chi connectivity index (χ2n) is 7.27. The lowest BCUT2D eigenvalue weighted by atomic mass is 10.1. The molecule has 1 atom stereocenters. The first-order chi connectivity index (χ1) is 13.5. The SMILES string of the molecule is COc1cc(/C=C\C(=O)N2CSCC2C(=O)N2CCCC2)ccc1OC(C)C. The molecule has 0 N–H and O–H groups in total. The molecule has 1 aromatic carbocycles. The van der Waals surface area contributed by atoms with Crippen LogP contribution in [0.5, 0.6) is 11.5 Å². The molecule has 2 heterocycles. The molecule has 2 aliphatic rings. The molecule has 1 aromatic rings. The van der Waals surface area contributed by atoms with Gasteiger partial charge in [0.05, 0.1) is 19.1 Å². The van der Waals surface area contributed by atoms with Gasteiger partial charge in [0, 0.05) is 24.9 Å². The Morgan fingerprint density at radius 3 is 2.64 bits per heavy atom. The molecule has 7 heteroatoms. The molecule has 0 spiro atoms. The number of carbonyl (C=O) groups excluding carboxylic acids is 2. The van der Waals surface area contributed by atoms with Gasteiger partial charge in [-0.2, -0.15) is 0 Å². The van der Waals surface area contributed by atoms with Gasteiger partial charge in [-0.15, -0.1) is 11.8 Å². The van der Waals surface area contributed by atoms with E-state index >= 15 is 0 Å². The van der Waals surface area contributed by atoms with Crippen molar-refractivity contribution in [2.45, 2.75) is 38.8 Å². The maximum Gasteiger partial charge on any atom is 0.247 e. The Kier molecular flexibility index (Phi) is 6.88. The van der Waals surface area contributed by atoms with E-state index in [2.05, 4.69) is 0 Å². The summed E-state index contributed by atoms with van der Waals surface area (Å²) in [5, 5.41) is 0. The Bertz CT molecular complexity index is 744. The molecule has 28 heavy (non-hydrogen) atoms. The first-order valence-electron chi connectivity index (χ1n) is 9.69. The van der Waals surface area contributed by atoms with Crippen molar-refractivity contribution in [2.24, 2.45) is 0 Å². The molecule has 0 aliphatic carbocycles. The topological polar surface area (TPSA) is 59.1 Å². The first kappa shape index (κ1) is 20.6. The fourth-order valence-corrected chi connectivity index (χ4v) is 4.57. The third-order valence-electron chi connectivity index (χ3n) is 4.84. The van der Waals surface area contributed by atoms with E-state index in [1.54, 1.807) is 29.8 Å². The summed E-state index contributed by atoms with van der Waals surface area (Å²) >= 11 is 1.63. The highest BCUT2D eigenvalue weighted by molar-refractivity contribution is 7.99. The second-order valence-corrected chi connectivity index (χ2v) is 8.27. The maximum atomic E-state index is 12.7. The van der Waals surface area contributed by atoms with E-state index in [0.29, 0.717) is 23.1 Å². The lowest BCUT2D eigenvalue weighted by Crippen LogP contribution is -2.47. The second kappa shape index (κ2) is 9.37. The molecule has 2 amide bonds. The number of hydrogen-bond acceptors (Lipinski definition) is 5. The fraction of sp³-hybridized carbons (Fsp3) is 0.524. The van der Waals surface area contributed by atoms with Gasteiger partial charge in [-0.3, -0.25) is 9.59 Å². The van der Waals surface area contributed by atoms with Crippen LogP contribution in [0, 0.1) is 0 Å². The quantitative estimate of drug-likeness (QED) is 0.682. The average molecular weight is 405 g/mol.